The summed E-state index contributed by atoms with van der Waals surface area (Å²) < 4.78 is 15.4. The van der Waals surface area contributed by atoms with E-state index in [1.54, 1.807) is 18.2 Å². The predicted octanol–water partition coefficient (Wildman–Crippen LogP) is 1.60. The molecule has 0 bridgehead atoms. The topological polar surface area (TPSA) is 79.1 Å². The van der Waals surface area contributed by atoms with E-state index in [4.69, 9.17) is 4.89 Å². The molecule has 0 spiro atoms. The third-order valence-electron chi connectivity index (χ3n) is 1.71. The van der Waals surface area contributed by atoms with Gasteiger partial charge in [-0.15, -0.1) is 0 Å². The molecule has 1 rings (SSSR count). The summed E-state index contributed by atoms with van der Waals surface area (Å²) in [6, 6.07) is 6.57. The van der Waals surface area contributed by atoms with Gasteiger partial charge in [0.1, 0.15) is 12.0 Å². The SMILES string of the molecule is COP(=O)(O)CN=Cc1ccccc1O. The van der Waals surface area contributed by atoms with Gasteiger partial charge in [0.15, 0.2) is 0 Å². The lowest BCUT2D eigenvalue weighted by atomic mass is 10.2. The molecule has 0 aliphatic rings. The van der Waals surface area contributed by atoms with Crippen molar-refractivity contribution < 1.29 is 19.1 Å². The van der Waals surface area contributed by atoms with E-state index in [0.717, 1.165) is 7.11 Å². The van der Waals surface area contributed by atoms with Crippen molar-refractivity contribution in [3.63, 3.8) is 0 Å². The van der Waals surface area contributed by atoms with E-state index in [0.29, 0.717) is 5.56 Å². The zero-order chi connectivity index (χ0) is 11.3. The van der Waals surface area contributed by atoms with Crippen LogP contribution in [0, 0.1) is 0 Å². The lowest BCUT2D eigenvalue weighted by molar-refractivity contribution is 0.316. The molecule has 1 unspecified atom stereocenters. The van der Waals surface area contributed by atoms with Crippen molar-refractivity contribution in [2.24, 2.45) is 4.99 Å². The fourth-order valence-electron chi connectivity index (χ4n) is 0.897. The monoisotopic (exact) mass is 229 g/mol. The molecule has 2 N–H and O–H groups in total. The second-order valence-corrected chi connectivity index (χ2v) is 4.75. The third-order valence-corrected chi connectivity index (χ3v) is 2.80. The van der Waals surface area contributed by atoms with Crippen molar-refractivity contribution in [3.8, 4) is 5.75 Å². The van der Waals surface area contributed by atoms with Crippen LogP contribution in [0.2, 0.25) is 0 Å². The highest BCUT2D eigenvalue weighted by Gasteiger charge is 2.14. The summed E-state index contributed by atoms with van der Waals surface area (Å²) >= 11 is 0. The van der Waals surface area contributed by atoms with Gasteiger partial charge in [0.2, 0.25) is 0 Å². The van der Waals surface area contributed by atoms with Gasteiger partial charge in [-0.2, -0.15) is 0 Å². The summed E-state index contributed by atoms with van der Waals surface area (Å²) in [6.45, 7) is 0. The molecule has 1 aromatic carbocycles. The van der Waals surface area contributed by atoms with Gasteiger partial charge in [-0.1, -0.05) is 12.1 Å². The van der Waals surface area contributed by atoms with Crippen LogP contribution in [0.15, 0.2) is 29.3 Å². The number of phenols is 1. The molecule has 5 nitrogen and oxygen atoms in total. The number of aliphatic imine (C=N–C) groups is 1. The number of nitrogens with zero attached hydrogens (tertiary/aromatic N) is 1. The number of phenolic OH excluding ortho intramolecular Hbond substituents is 1. The Morgan fingerprint density at radius 2 is 2.20 bits per heavy atom. The quantitative estimate of drug-likeness (QED) is 0.607. The average Bonchev–Trinajstić information content (AvgIpc) is 2.21. The van der Waals surface area contributed by atoms with Gasteiger partial charge in [0.05, 0.1) is 0 Å². The molecule has 15 heavy (non-hydrogen) atoms. The van der Waals surface area contributed by atoms with Crippen LogP contribution >= 0.6 is 7.60 Å². The van der Waals surface area contributed by atoms with Crippen molar-refractivity contribution in [1.82, 2.24) is 0 Å². The van der Waals surface area contributed by atoms with Gasteiger partial charge in [0.25, 0.3) is 0 Å². The number of hydrogen-bond donors (Lipinski definition) is 2. The minimum atomic E-state index is -3.61. The van der Waals surface area contributed by atoms with Crippen LogP contribution in [0.3, 0.4) is 0 Å². The first-order valence-electron chi connectivity index (χ1n) is 4.20. The summed E-state index contributed by atoms with van der Waals surface area (Å²) in [6.07, 6.45) is 1.01. The van der Waals surface area contributed by atoms with Gasteiger partial charge in [0, 0.05) is 18.9 Å². The Morgan fingerprint density at radius 1 is 1.53 bits per heavy atom. The maximum Gasteiger partial charge on any atom is 0.349 e. The minimum absolute atomic E-state index is 0.0754. The average molecular weight is 229 g/mol. The molecule has 6 heteroatoms. The lowest BCUT2D eigenvalue weighted by Gasteiger charge is -2.04. The molecule has 0 fully saturated rings. The molecular formula is C9H12NO4P. The van der Waals surface area contributed by atoms with Gasteiger partial charge >= 0.3 is 7.60 Å². The van der Waals surface area contributed by atoms with Crippen LogP contribution < -0.4 is 0 Å². The van der Waals surface area contributed by atoms with Crippen molar-refractivity contribution >= 4 is 13.8 Å². The predicted molar refractivity (Wildman–Crippen MR) is 57.4 cm³/mol. The van der Waals surface area contributed by atoms with E-state index in [-0.39, 0.29) is 12.0 Å². The largest absolute Gasteiger partial charge is 0.507 e. The molecule has 0 heterocycles. The van der Waals surface area contributed by atoms with Crippen LogP contribution in [0.25, 0.3) is 0 Å². The van der Waals surface area contributed by atoms with E-state index >= 15 is 0 Å². The molecule has 0 radical (unpaired) electrons. The second-order valence-electron chi connectivity index (χ2n) is 2.83. The zero-order valence-corrected chi connectivity index (χ0v) is 9.09. The molecule has 0 saturated heterocycles. The van der Waals surface area contributed by atoms with Gasteiger partial charge in [-0.05, 0) is 12.1 Å². The molecule has 0 aromatic heterocycles. The molecule has 0 aliphatic carbocycles. The summed E-state index contributed by atoms with van der Waals surface area (Å²) in [7, 11) is -2.46. The first-order valence-corrected chi connectivity index (χ1v) is 5.97. The Bertz CT molecular complexity index is 405. The molecule has 82 valence electrons. The molecule has 1 aromatic rings. The summed E-state index contributed by atoms with van der Waals surface area (Å²) in [4.78, 5) is 12.7. The fraction of sp³-hybridized carbons (Fsp3) is 0.222. The Balaban J connectivity index is 2.67. The second kappa shape index (κ2) is 5.07. The van der Waals surface area contributed by atoms with Crippen LogP contribution in [-0.4, -0.2) is 29.6 Å². The van der Waals surface area contributed by atoms with E-state index in [2.05, 4.69) is 9.52 Å². The van der Waals surface area contributed by atoms with E-state index < -0.39 is 7.60 Å². The smallest absolute Gasteiger partial charge is 0.349 e. The summed E-state index contributed by atoms with van der Waals surface area (Å²) in [5.74, 6) is 0.0754. The molecular weight excluding hydrogens is 217 g/mol. The van der Waals surface area contributed by atoms with Gasteiger partial charge in [-0.3, -0.25) is 9.56 Å². The van der Waals surface area contributed by atoms with Gasteiger partial charge in [-0.25, -0.2) is 0 Å². The van der Waals surface area contributed by atoms with Crippen LogP contribution in [0.4, 0.5) is 0 Å². The first-order chi connectivity index (χ1) is 7.05. The molecule has 1 atom stereocenters. The van der Waals surface area contributed by atoms with Crippen molar-refractivity contribution in [2.45, 2.75) is 0 Å². The van der Waals surface area contributed by atoms with Crippen molar-refractivity contribution in [2.75, 3.05) is 13.4 Å². The number of rotatable bonds is 4. The van der Waals surface area contributed by atoms with Crippen LogP contribution in [-0.2, 0) is 9.09 Å². The highest BCUT2D eigenvalue weighted by atomic mass is 31.2. The number of benzene rings is 1. The summed E-state index contributed by atoms with van der Waals surface area (Å²) in [5.41, 5.74) is 0.494. The normalized spacial score (nSPS) is 15.3. The van der Waals surface area contributed by atoms with Crippen LogP contribution in [0.1, 0.15) is 5.56 Å². The number of aromatic hydroxyl groups is 1. The summed E-state index contributed by atoms with van der Waals surface area (Å²) in [5, 5.41) is 9.34. The zero-order valence-electron chi connectivity index (χ0n) is 8.20. The molecule has 0 saturated carbocycles. The van der Waals surface area contributed by atoms with E-state index in [1.165, 1.54) is 12.3 Å². The number of hydrogen-bond acceptors (Lipinski definition) is 4. The maximum atomic E-state index is 11.0. The number of para-hydroxylation sites is 1. The van der Waals surface area contributed by atoms with E-state index in [1.807, 2.05) is 0 Å². The minimum Gasteiger partial charge on any atom is -0.507 e. The third kappa shape index (κ3) is 3.83. The van der Waals surface area contributed by atoms with E-state index in [9.17, 15) is 9.67 Å². The lowest BCUT2D eigenvalue weighted by Crippen LogP contribution is -1.89. The standard InChI is InChI=1S/C9H12NO4P/c1-14-15(12,13)7-10-6-8-4-2-3-5-9(8)11/h2-6,11H,7H2,1H3,(H,12,13). The van der Waals surface area contributed by atoms with Gasteiger partial charge < -0.3 is 14.5 Å². The highest BCUT2D eigenvalue weighted by Crippen LogP contribution is 2.40. The highest BCUT2D eigenvalue weighted by molar-refractivity contribution is 7.52. The van der Waals surface area contributed by atoms with Crippen molar-refractivity contribution in [3.05, 3.63) is 29.8 Å². The Kier molecular flexibility index (Phi) is 4.03. The van der Waals surface area contributed by atoms with Crippen LogP contribution in [0.5, 0.6) is 5.75 Å². The first kappa shape index (κ1) is 11.9. The maximum absolute atomic E-state index is 11.0. The van der Waals surface area contributed by atoms with Crippen molar-refractivity contribution in [1.29, 1.82) is 0 Å². The Morgan fingerprint density at radius 3 is 2.80 bits per heavy atom. The Labute approximate surface area is 87.6 Å². The Hall–Kier alpha value is -1.16. The fourth-order valence-corrected chi connectivity index (χ4v) is 1.30. The molecule has 0 aliphatic heterocycles. The molecule has 0 amide bonds.